The third kappa shape index (κ3) is 2.57. The van der Waals surface area contributed by atoms with Crippen LogP contribution in [0.3, 0.4) is 0 Å². The predicted molar refractivity (Wildman–Crippen MR) is 90.9 cm³/mol. The van der Waals surface area contributed by atoms with E-state index in [9.17, 15) is 9.18 Å². The minimum absolute atomic E-state index is 0.149. The van der Waals surface area contributed by atoms with Gasteiger partial charge in [-0.1, -0.05) is 18.2 Å². The molecular formula is C19H16FNO3. The number of hydrogen-bond acceptors (Lipinski definition) is 4. The first kappa shape index (κ1) is 14.9. The van der Waals surface area contributed by atoms with E-state index in [-0.39, 0.29) is 11.2 Å². The Morgan fingerprint density at radius 3 is 2.62 bits per heavy atom. The summed E-state index contributed by atoms with van der Waals surface area (Å²) in [5.74, 6) is -0.381. The third-order valence-corrected chi connectivity index (χ3v) is 4.27. The molecular weight excluding hydrogens is 309 g/mol. The van der Waals surface area contributed by atoms with Gasteiger partial charge >= 0.3 is 0 Å². The van der Waals surface area contributed by atoms with E-state index < -0.39 is 0 Å². The van der Waals surface area contributed by atoms with Crippen molar-refractivity contribution in [1.29, 1.82) is 0 Å². The average Bonchev–Trinajstić information content (AvgIpc) is 2.62. The number of ether oxygens (including phenoxy) is 1. The summed E-state index contributed by atoms with van der Waals surface area (Å²) in [6.45, 7) is 2.71. The summed E-state index contributed by atoms with van der Waals surface area (Å²) in [6, 6.07) is 11.6. The number of halogens is 1. The van der Waals surface area contributed by atoms with Crippen molar-refractivity contribution >= 4 is 16.7 Å². The minimum atomic E-state index is -0.381. The van der Waals surface area contributed by atoms with Crippen molar-refractivity contribution in [2.75, 3.05) is 31.2 Å². The van der Waals surface area contributed by atoms with Gasteiger partial charge in [0.15, 0.2) is 0 Å². The predicted octanol–water partition coefficient (Wildman–Crippen LogP) is 3.44. The molecule has 1 aromatic heterocycles. The number of fused-ring (bicyclic) bond motifs is 1. The van der Waals surface area contributed by atoms with Gasteiger partial charge < -0.3 is 14.1 Å². The topological polar surface area (TPSA) is 42.7 Å². The van der Waals surface area contributed by atoms with Gasteiger partial charge in [0.1, 0.15) is 17.7 Å². The monoisotopic (exact) mass is 325 g/mol. The molecule has 0 radical (unpaired) electrons. The van der Waals surface area contributed by atoms with Gasteiger partial charge in [0.05, 0.1) is 29.9 Å². The zero-order valence-corrected chi connectivity index (χ0v) is 13.0. The summed E-state index contributed by atoms with van der Waals surface area (Å²) >= 11 is 0. The highest BCUT2D eigenvalue weighted by Gasteiger charge is 2.18. The molecule has 4 rings (SSSR count). The van der Waals surface area contributed by atoms with Gasteiger partial charge in [-0.2, -0.15) is 0 Å². The smallest absolute Gasteiger partial charge is 0.202 e. The molecule has 1 aliphatic heterocycles. The van der Waals surface area contributed by atoms with Crippen LogP contribution in [0, 0.1) is 5.82 Å². The molecule has 0 N–H and O–H groups in total. The number of anilines is 1. The van der Waals surface area contributed by atoms with Gasteiger partial charge in [-0.25, -0.2) is 4.39 Å². The fraction of sp³-hybridized carbons (Fsp3) is 0.211. The molecule has 2 aromatic carbocycles. The van der Waals surface area contributed by atoms with E-state index >= 15 is 0 Å². The molecule has 3 aromatic rings. The second-order valence-corrected chi connectivity index (χ2v) is 5.74. The van der Waals surface area contributed by atoms with Gasteiger partial charge in [0.2, 0.25) is 5.43 Å². The van der Waals surface area contributed by atoms with Crippen molar-refractivity contribution in [3.05, 3.63) is 64.8 Å². The number of rotatable bonds is 2. The first-order chi connectivity index (χ1) is 11.7. The molecule has 5 heteroatoms. The molecule has 0 unspecified atom stereocenters. The van der Waals surface area contributed by atoms with Crippen molar-refractivity contribution in [3.8, 4) is 11.1 Å². The second kappa shape index (κ2) is 6.09. The van der Waals surface area contributed by atoms with E-state index in [1.165, 1.54) is 18.4 Å². The molecule has 0 atom stereocenters. The number of morpholine rings is 1. The van der Waals surface area contributed by atoms with Crippen LogP contribution in [-0.2, 0) is 4.74 Å². The van der Waals surface area contributed by atoms with E-state index in [0.717, 1.165) is 18.8 Å². The van der Waals surface area contributed by atoms with Crippen molar-refractivity contribution < 1.29 is 13.5 Å². The normalized spacial score (nSPS) is 15.0. The Morgan fingerprint density at radius 2 is 1.83 bits per heavy atom. The highest BCUT2D eigenvalue weighted by molar-refractivity contribution is 5.93. The fourth-order valence-electron chi connectivity index (χ4n) is 3.08. The zero-order valence-electron chi connectivity index (χ0n) is 13.0. The Balaban J connectivity index is 1.93. The van der Waals surface area contributed by atoms with Crippen LogP contribution in [-0.4, -0.2) is 26.3 Å². The fourth-order valence-corrected chi connectivity index (χ4v) is 3.08. The maximum absolute atomic E-state index is 13.5. The largest absolute Gasteiger partial charge is 0.463 e. The SMILES string of the molecule is O=c1c(-c2cccc(F)c2)coc2cccc(N3CCOCC3)c12. The Labute approximate surface area is 138 Å². The molecule has 24 heavy (non-hydrogen) atoms. The molecule has 1 fully saturated rings. The summed E-state index contributed by atoms with van der Waals surface area (Å²) in [5, 5.41) is 0.529. The number of nitrogens with zero attached hydrogens (tertiary/aromatic N) is 1. The van der Waals surface area contributed by atoms with Crippen molar-refractivity contribution in [1.82, 2.24) is 0 Å². The first-order valence-corrected chi connectivity index (χ1v) is 7.87. The summed E-state index contributed by atoms with van der Waals surface area (Å²) in [5.41, 5.74) is 2.10. The Bertz CT molecular complexity index is 945. The lowest BCUT2D eigenvalue weighted by molar-refractivity contribution is 0.123. The second-order valence-electron chi connectivity index (χ2n) is 5.74. The lowest BCUT2D eigenvalue weighted by Crippen LogP contribution is -2.36. The van der Waals surface area contributed by atoms with Crippen LogP contribution in [0.25, 0.3) is 22.1 Å². The van der Waals surface area contributed by atoms with Gasteiger partial charge in [-0.3, -0.25) is 4.79 Å². The summed E-state index contributed by atoms with van der Waals surface area (Å²) in [4.78, 5) is 15.2. The van der Waals surface area contributed by atoms with Crippen LogP contribution in [0.2, 0.25) is 0 Å². The van der Waals surface area contributed by atoms with Crippen LogP contribution in [0.5, 0.6) is 0 Å². The van der Waals surface area contributed by atoms with E-state index in [1.807, 2.05) is 12.1 Å². The van der Waals surface area contributed by atoms with E-state index in [2.05, 4.69) is 4.90 Å². The molecule has 0 saturated carbocycles. The highest BCUT2D eigenvalue weighted by Crippen LogP contribution is 2.28. The Hall–Kier alpha value is -2.66. The van der Waals surface area contributed by atoms with Crippen molar-refractivity contribution in [3.63, 3.8) is 0 Å². The standard InChI is InChI=1S/C19H16FNO3/c20-14-4-1-3-13(11-14)15-12-24-17-6-2-5-16(18(17)19(15)22)21-7-9-23-10-8-21/h1-6,11-12H,7-10H2. The molecule has 0 spiro atoms. The summed E-state index contributed by atoms with van der Waals surface area (Å²) in [7, 11) is 0. The number of benzene rings is 2. The van der Waals surface area contributed by atoms with Crippen molar-refractivity contribution in [2.45, 2.75) is 0 Å². The molecule has 1 saturated heterocycles. The Kier molecular flexibility index (Phi) is 3.78. The third-order valence-electron chi connectivity index (χ3n) is 4.27. The van der Waals surface area contributed by atoms with Crippen LogP contribution in [0.4, 0.5) is 10.1 Å². The Morgan fingerprint density at radius 1 is 1.04 bits per heavy atom. The lowest BCUT2D eigenvalue weighted by Gasteiger charge is -2.29. The van der Waals surface area contributed by atoms with Crippen LogP contribution in [0.15, 0.2) is 57.9 Å². The minimum Gasteiger partial charge on any atom is -0.463 e. The molecule has 4 nitrogen and oxygen atoms in total. The van der Waals surface area contributed by atoms with Crippen LogP contribution >= 0.6 is 0 Å². The van der Waals surface area contributed by atoms with Gasteiger partial charge in [-0.15, -0.1) is 0 Å². The molecule has 0 amide bonds. The quantitative estimate of drug-likeness (QED) is 0.724. The molecule has 122 valence electrons. The molecule has 0 aliphatic carbocycles. The highest BCUT2D eigenvalue weighted by atomic mass is 19.1. The number of hydrogen-bond donors (Lipinski definition) is 0. The summed E-state index contributed by atoms with van der Waals surface area (Å²) < 4.78 is 24.6. The van der Waals surface area contributed by atoms with E-state index in [1.54, 1.807) is 18.2 Å². The van der Waals surface area contributed by atoms with Crippen LogP contribution < -0.4 is 10.3 Å². The maximum Gasteiger partial charge on any atom is 0.202 e. The van der Waals surface area contributed by atoms with Gasteiger partial charge in [0, 0.05) is 13.1 Å². The van der Waals surface area contributed by atoms with Gasteiger partial charge in [0.25, 0.3) is 0 Å². The molecule has 0 bridgehead atoms. The molecule has 1 aliphatic rings. The lowest BCUT2D eigenvalue weighted by atomic mass is 10.0. The van der Waals surface area contributed by atoms with Gasteiger partial charge in [-0.05, 0) is 29.8 Å². The molecule has 2 heterocycles. The first-order valence-electron chi connectivity index (χ1n) is 7.87. The van der Waals surface area contributed by atoms with Crippen molar-refractivity contribution in [2.24, 2.45) is 0 Å². The van der Waals surface area contributed by atoms with Crippen LogP contribution in [0.1, 0.15) is 0 Å². The zero-order chi connectivity index (χ0) is 16.5. The van der Waals surface area contributed by atoms with E-state index in [0.29, 0.717) is 35.3 Å². The average molecular weight is 325 g/mol. The van der Waals surface area contributed by atoms with E-state index in [4.69, 9.17) is 9.15 Å². The maximum atomic E-state index is 13.5. The summed E-state index contributed by atoms with van der Waals surface area (Å²) in [6.07, 6.45) is 1.41.